The van der Waals surface area contributed by atoms with Crippen LogP contribution in [-0.2, 0) is 0 Å². The summed E-state index contributed by atoms with van der Waals surface area (Å²) in [6, 6.07) is 14.8. The van der Waals surface area contributed by atoms with Crippen LogP contribution in [0.4, 0.5) is 0 Å². The van der Waals surface area contributed by atoms with Gasteiger partial charge in [0.1, 0.15) is 0 Å². The molecule has 1 saturated heterocycles. The fourth-order valence-corrected chi connectivity index (χ4v) is 5.73. The number of rotatable bonds is 7. The topological polar surface area (TPSA) is 41.9 Å². The third-order valence-electron chi connectivity index (χ3n) is 7.43. The fourth-order valence-electron chi connectivity index (χ4n) is 5.73. The summed E-state index contributed by atoms with van der Waals surface area (Å²) in [7, 11) is 0. The Bertz CT molecular complexity index is 952. The minimum atomic E-state index is 0.395. The number of nitrogens with zero attached hydrogens (tertiary/aromatic N) is 2. The third-order valence-corrected chi connectivity index (χ3v) is 7.43. The average molecular weight is 417 g/mol. The van der Waals surface area contributed by atoms with E-state index in [0.29, 0.717) is 18.0 Å². The maximum absolute atomic E-state index is 4.29. The smallest absolute Gasteiger partial charge is 0.0485 e. The zero-order valence-corrected chi connectivity index (χ0v) is 18.6. The van der Waals surface area contributed by atoms with Crippen LogP contribution in [0, 0.1) is 0 Å². The lowest BCUT2D eigenvalue weighted by atomic mass is 9.88. The summed E-state index contributed by atoms with van der Waals surface area (Å²) < 4.78 is 2.61. The predicted molar refractivity (Wildman–Crippen MR) is 129 cm³/mol. The summed E-state index contributed by atoms with van der Waals surface area (Å²) in [5, 5.41) is 8.74. The number of pyridine rings is 1. The van der Waals surface area contributed by atoms with Crippen LogP contribution < -0.4 is 10.6 Å². The van der Waals surface area contributed by atoms with Crippen LogP contribution in [0.25, 0.3) is 10.9 Å². The Labute approximate surface area is 186 Å². The number of para-hydroxylation sites is 1. The first-order valence-electron chi connectivity index (χ1n) is 12.3. The summed E-state index contributed by atoms with van der Waals surface area (Å²) in [6.07, 6.45) is 16.7. The summed E-state index contributed by atoms with van der Waals surface area (Å²) >= 11 is 0. The van der Waals surface area contributed by atoms with Crippen LogP contribution in [0.3, 0.4) is 0 Å². The predicted octanol–water partition coefficient (Wildman–Crippen LogP) is 5.41. The number of aromatic nitrogens is 2. The number of fused-ring (bicyclic) bond motifs is 1. The standard InChI is InChI=1S/C27H36N4/c1-2-6-23(7-3-1)31-20-26(25-8-4-5-9-27(25)31)24(21-10-15-28-16-11-21)14-19-30-22-12-17-29-18-13-22/h4-5,8-11,15-16,20,22-24,29-30H,1-3,6-7,12-14,17-19H2. The first-order chi connectivity index (χ1) is 15.4. The van der Waals surface area contributed by atoms with Crippen LogP contribution in [0.5, 0.6) is 0 Å². The lowest BCUT2D eigenvalue weighted by Crippen LogP contribution is -2.40. The van der Waals surface area contributed by atoms with Gasteiger partial charge < -0.3 is 15.2 Å². The van der Waals surface area contributed by atoms with E-state index in [4.69, 9.17) is 0 Å². The van der Waals surface area contributed by atoms with E-state index < -0.39 is 0 Å². The van der Waals surface area contributed by atoms with Crippen molar-refractivity contribution < 1.29 is 0 Å². The van der Waals surface area contributed by atoms with Crippen LogP contribution in [0.1, 0.15) is 74.5 Å². The molecule has 1 atom stereocenters. The second kappa shape index (κ2) is 9.97. The van der Waals surface area contributed by atoms with E-state index in [-0.39, 0.29) is 0 Å². The minimum absolute atomic E-state index is 0.395. The second-order valence-corrected chi connectivity index (χ2v) is 9.40. The molecule has 4 nitrogen and oxygen atoms in total. The molecule has 164 valence electrons. The number of nitrogens with one attached hydrogen (secondary N) is 2. The number of hydrogen-bond acceptors (Lipinski definition) is 3. The van der Waals surface area contributed by atoms with Crippen molar-refractivity contribution in [2.75, 3.05) is 19.6 Å². The van der Waals surface area contributed by atoms with Gasteiger partial charge in [0.2, 0.25) is 0 Å². The highest BCUT2D eigenvalue weighted by atomic mass is 15.0. The lowest BCUT2D eigenvalue weighted by molar-refractivity contribution is 0.360. The van der Waals surface area contributed by atoms with Gasteiger partial charge in [-0.1, -0.05) is 37.5 Å². The lowest BCUT2D eigenvalue weighted by Gasteiger charge is -2.25. The molecule has 0 spiro atoms. The van der Waals surface area contributed by atoms with E-state index in [1.54, 1.807) is 0 Å². The Morgan fingerprint density at radius 3 is 2.55 bits per heavy atom. The number of piperidine rings is 1. The molecule has 4 heteroatoms. The molecule has 0 radical (unpaired) electrons. The molecule has 3 heterocycles. The van der Waals surface area contributed by atoms with Crippen LogP contribution in [0.2, 0.25) is 0 Å². The van der Waals surface area contributed by atoms with Gasteiger partial charge in [0.25, 0.3) is 0 Å². The van der Waals surface area contributed by atoms with Gasteiger partial charge in [-0.3, -0.25) is 4.98 Å². The molecule has 2 fully saturated rings. The van der Waals surface area contributed by atoms with Crippen LogP contribution in [0.15, 0.2) is 55.0 Å². The van der Waals surface area contributed by atoms with Gasteiger partial charge in [-0.05, 0) is 81.1 Å². The van der Waals surface area contributed by atoms with Crippen LogP contribution in [-0.4, -0.2) is 35.2 Å². The second-order valence-electron chi connectivity index (χ2n) is 9.40. The first-order valence-corrected chi connectivity index (χ1v) is 12.3. The zero-order chi connectivity index (χ0) is 20.9. The van der Waals surface area contributed by atoms with E-state index in [1.165, 1.54) is 67.0 Å². The van der Waals surface area contributed by atoms with Crippen molar-refractivity contribution in [3.8, 4) is 0 Å². The van der Waals surface area contributed by atoms with Crippen molar-refractivity contribution in [1.29, 1.82) is 0 Å². The van der Waals surface area contributed by atoms with E-state index in [2.05, 4.69) is 62.8 Å². The molecule has 31 heavy (non-hydrogen) atoms. The molecule has 1 aliphatic carbocycles. The Morgan fingerprint density at radius 2 is 1.74 bits per heavy atom. The highest BCUT2D eigenvalue weighted by Gasteiger charge is 2.24. The molecule has 1 aliphatic heterocycles. The molecule has 2 aromatic heterocycles. The maximum Gasteiger partial charge on any atom is 0.0485 e. The van der Waals surface area contributed by atoms with Crippen molar-refractivity contribution in [1.82, 2.24) is 20.2 Å². The molecule has 0 bridgehead atoms. The normalized spacial score (nSPS) is 19.6. The molecule has 2 N–H and O–H groups in total. The van der Waals surface area contributed by atoms with E-state index in [1.807, 2.05) is 12.4 Å². The van der Waals surface area contributed by atoms with Crippen molar-refractivity contribution in [2.45, 2.75) is 69.4 Å². The Kier molecular flexibility index (Phi) is 6.66. The molecule has 3 aromatic rings. The van der Waals surface area contributed by atoms with Crippen molar-refractivity contribution in [3.63, 3.8) is 0 Å². The van der Waals surface area contributed by atoms with Gasteiger partial charge in [0.05, 0.1) is 0 Å². The number of benzene rings is 1. The summed E-state index contributed by atoms with van der Waals surface area (Å²) in [6.45, 7) is 3.33. The van der Waals surface area contributed by atoms with Gasteiger partial charge in [-0.25, -0.2) is 0 Å². The Balaban J connectivity index is 1.45. The SMILES string of the molecule is c1ccc2c(c1)c(C(CCNC1CCNCC1)c1ccncc1)cn2C1CCCCC1. The molecule has 1 saturated carbocycles. The van der Waals surface area contributed by atoms with Crippen molar-refractivity contribution >= 4 is 10.9 Å². The van der Waals surface area contributed by atoms with Crippen molar-refractivity contribution in [2.24, 2.45) is 0 Å². The van der Waals surface area contributed by atoms with Gasteiger partial charge in [-0.2, -0.15) is 0 Å². The van der Waals surface area contributed by atoms with Gasteiger partial charge in [0.15, 0.2) is 0 Å². The van der Waals surface area contributed by atoms with Crippen molar-refractivity contribution in [3.05, 3.63) is 66.1 Å². The zero-order valence-electron chi connectivity index (χ0n) is 18.6. The maximum atomic E-state index is 4.29. The highest BCUT2D eigenvalue weighted by molar-refractivity contribution is 5.85. The van der Waals surface area contributed by atoms with Gasteiger partial charge >= 0.3 is 0 Å². The fraction of sp³-hybridized carbons (Fsp3) is 0.519. The molecule has 2 aliphatic rings. The summed E-state index contributed by atoms with van der Waals surface area (Å²) in [5.41, 5.74) is 4.28. The van der Waals surface area contributed by atoms with E-state index in [0.717, 1.165) is 26.1 Å². The molecule has 0 amide bonds. The monoisotopic (exact) mass is 416 g/mol. The molecule has 1 unspecified atom stereocenters. The Morgan fingerprint density at radius 1 is 0.968 bits per heavy atom. The summed E-state index contributed by atoms with van der Waals surface area (Å²) in [5.74, 6) is 0.395. The molecule has 5 rings (SSSR count). The Hall–Kier alpha value is -2.17. The average Bonchev–Trinajstić information content (AvgIpc) is 3.23. The minimum Gasteiger partial charge on any atom is -0.344 e. The highest BCUT2D eigenvalue weighted by Crippen LogP contribution is 2.38. The third kappa shape index (κ3) is 4.70. The van der Waals surface area contributed by atoms with E-state index in [9.17, 15) is 0 Å². The first kappa shape index (κ1) is 20.7. The quantitative estimate of drug-likeness (QED) is 0.541. The van der Waals surface area contributed by atoms with Crippen LogP contribution >= 0.6 is 0 Å². The molecular weight excluding hydrogens is 380 g/mol. The number of hydrogen-bond donors (Lipinski definition) is 2. The van der Waals surface area contributed by atoms with E-state index >= 15 is 0 Å². The largest absolute Gasteiger partial charge is 0.344 e. The van der Waals surface area contributed by atoms with Gasteiger partial charge in [-0.15, -0.1) is 0 Å². The molecular formula is C27H36N4. The molecule has 1 aromatic carbocycles. The summed E-state index contributed by atoms with van der Waals surface area (Å²) in [4.78, 5) is 4.29. The van der Waals surface area contributed by atoms with Gasteiger partial charge in [0, 0.05) is 47.5 Å².